The zero-order valence-electron chi connectivity index (χ0n) is 10.6. The molecule has 0 saturated carbocycles. The summed E-state index contributed by atoms with van der Waals surface area (Å²) in [7, 11) is 0. The lowest BCUT2D eigenvalue weighted by atomic mass is 9.80. The molecule has 100 valence electrons. The van der Waals surface area contributed by atoms with Gasteiger partial charge >= 0.3 is 5.97 Å². The molecule has 0 rings (SSSR count). The maximum Gasteiger partial charge on any atom is 0.333 e. The highest BCUT2D eigenvalue weighted by molar-refractivity contribution is 5.87. The van der Waals surface area contributed by atoms with Gasteiger partial charge in [0.05, 0.1) is 25.9 Å². The van der Waals surface area contributed by atoms with E-state index < -0.39 is 17.5 Å². The van der Waals surface area contributed by atoms with E-state index in [2.05, 4.69) is 0 Å². The Kier molecular flexibility index (Phi) is 7.03. The van der Waals surface area contributed by atoms with Crippen LogP contribution >= 0.6 is 0 Å². The number of aliphatic hydroxyl groups excluding tert-OH is 3. The van der Waals surface area contributed by atoms with Crippen LogP contribution in [0.15, 0.2) is 11.6 Å². The topological polar surface area (TPSA) is 87.0 Å². The molecule has 5 nitrogen and oxygen atoms in total. The molecule has 0 aliphatic rings. The predicted octanol–water partition coefficient (Wildman–Crippen LogP) is 0.238. The van der Waals surface area contributed by atoms with Crippen LogP contribution in [0.25, 0.3) is 0 Å². The summed E-state index contributed by atoms with van der Waals surface area (Å²) >= 11 is 0. The quantitative estimate of drug-likeness (QED) is 0.442. The summed E-state index contributed by atoms with van der Waals surface area (Å²) in [5.41, 5.74) is -0.757. The van der Waals surface area contributed by atoms with Gasteiger partial charge in [-0.05, 0) is 26.3 Å². The van der Waals surface area contributed by atoms with Gasteiger partial charge in [0.2, 0.25) is 0 Å². The van der Waals surface area contributed by atoms with E-state index >= 15 is 0 Å². The van der Waals surface area contributed by atoms with Crippen LogP contribution in [0.4, 0.5) is 0 Å². The highest BCUT2D eigenvalue weighted by Crippen LogP contribution is 2.27. The molecule has 0 spiro atoms. The van der Waals surface area contributed by atoms with Crippen molar-refractivity contribution in [3.05, 3.63) is 11.6 Å². The van der Waals surface area contributed by atoms with E-state index in [1.807, 2.05) is 0 Å². The molecule has 5 heteroatoms. The van der Waals surface area contributed by atoms with E-state index in [0.717, 1.165) is 0 Å². The monoisotopic (exact) mass is 246 g/mol. The summed E-state index contributed by atoms with van der Waals surface area (Å²) in [5, 5.41) is 28.4. The highest BCUT2D eigenvalue weighted by atomic mass is 16.5. The van der Waals surface area contributed by atoms with Gasteiger partial charge in [0, 0.05) is 11.0 Å². The second-order valence-corrected chi connectivity index (χ2v) is 4.05. The first-order chi connectivity index (χ1) is 7.97. The van der Waals surface area contributed by atoms with Crippen molar-refractivity contribution in [3.63, 3.8) is 0 Å². The fraction of sp³-hybridized carbons (Fsp3) is 0.750. The summed E-state index contributed by atoms with van der Waals surface area (Å²) in [5.74, 6) is -0.507. The lowest BCUT2D eigenvalue weighted by Crippen LogP contribution is -2.40. The zero-order chi connectivity index (χ0) is 13.5. The second kappa shape index (κ2) is 7.42. The van der Waals surface area contributed by atoms with Crippen molar-refractivity contribution in [2.24, 2.45) is 5.41 Å². The van der Waals surface area contributed by atoms with Crippen molar-refractivity contribution in [2.75, 3.05) is 19.8 Å². The molecule has 1 atom stereocenters. The number of aliphatic hydroxyl groups is 3. The number of hydrogen-bond donors (Lipinski definition) is 3. The molecular formula is C12H22O5. The van der Waals surface area contributed by atoms with Crippen molar-refractivity contribution in [1.82, 2.24) is 0 Å². The first-order valence-corrected chi connectivity index (χ1v) is 5.72. The molecular weight excluding hydrogens is 224 g/mol. The minimum absolute atomic E-state index is 0.263. The summed E-state index contributed by atoms with van der Waals surface area (Å²) in [6.45, 7) is 4.53. The largest absolute Gasteiger partial charge is 0.463 e. The summed E-state index contributed by atoms with van der Waals surface area (Å²) < 4.78 is 4.77. The molecule has 0 aliphatic carbocycles. The lowest BCUT2D eigenvalue weighted by Gasteiger charge is -2.32. The Balaban J connectivity index is 4.85. The number of carbonyl (C=O) groups excluding carboxylic acids is 1. The molecule has 0 saturated heterocycles. The lowest BCUT2D eigenvalue weighted by molar-refractivity contribution is -0.138. The second-order valence-electron chi connectivity index (χ2n) is 4.05. The van der Waals surface area contributed by atoms with Crippen LogP contribution in [0.2, 0.25) is 0 Å². The highest BCUT2D eigenvalue weighted by Gasteiger charge is 2.34. The molecule has 1 unspecified atom stereocenters. The number of carbonyl (C=O) groups is 1. The van der Waals surface area contributed by atoms with E-state index in [0.29, 0.717) is 6.42 Å². The van der Waals surface area contributed by atoms with Crippen LogP contribution in [-0.4, -0.2) is 47.2 Å². The van der Waals surface area contributed by atoms with Gasteiger partial charge in [-0.15, -0.1) is 0 Å². The van der Waals surface area contributed by atoms with Gasteiger partial charge in [0.15, 0.2) is 0 Å². The Bertz CT molecular complexity index is 260. The molecule has 0 amide bonds. The normalized spacial score (nSPS) is 14.6. The Morgan fingerprint density at radius 2 is 1.88 bits per heavy atom. The molecule has 0 heterocycles. The van der Waals surface area contributed by atoms with Gasteiger partial charge < -0.3 is 20.1 Å². The third-order valence-electron chi connectivity index (χ3n) is 2.97. The van der Waals surface area contributed by atoms with E-state index in [1.54, 1.807) is 13.8 Å². The SMILES string of the molecule is CCOC(=O)C(C)=CC(O)C(CC)(CO)CO. The zero-order valence-corrected chi connectivity index (χ0v) is 10.6. The molecule has 0 aromatic rings. The standard InChI is InChI=1S/C12H22O5/c1-4-12(7-13,8-14)10(15)6-9(3)11(16)17-5-2/h6,10,13-15H,4-5,7-8H2,1-3H3. The Hall–Kier alpha value is -0.910. The molecule has 0 radical (unpaired) electrons. The van der Waals surface area contributed by atoms with Gasteiger partial charge in [-0.3, -0.25) is 0 Å². The van der Waals surface area contributed by atoms with E-state index in [4.69, 9.17) is 4.74 Å². The fourth-order valence-electron chi connectivity index (χ4n) is 1.40. The Morgan fingerprint density at radius 1 is 1.35 bits per heavy atom. The number of ether oxygens (including phenoxy) is 1. The fourth-order valence-corrected chi connectivity index (χ4v) is 1.40. The average molecular weight is 246 g/mol. The molecule has 0 bridgehead atoms. The summed E-state index contributed by atoms with van der Waals surface area (Å²) in [6.07, 6.45) is 0.619. The van der Waals surface area contributed by atoms with Gasteiger partial charge in [-0.2, -0.15) is 0 Å². The smallest absolute Gasteiger partial charge is 0.333 e. The van der Waals surface area contributed by atoms with Gasteiger partial charge in [-0.25, -0.2) is 4.79 Å². The van der Waals surface area contributed by atoms with Crippen molar-refractivity contribution < 1.29 is 24.9 Å². The molecule has 0 aliphatic heterocycles. The van der Waals surface area contributed by atoms with Gasteiger partial charge in [0.25, 0.3) is 0 Å². The predicted molar refractivity (Wildman–Crippen MR) is 63.3 cm³/mol. The Morgan fingerprint density at radius 3 is 2.24 bits per heavy atom. The van der Waals surface area contributed by atoms with Crippen molar-refractivity contribution in [2.45, 2.75) is 33.3 Å². The summed E-state index contributed by atoms with van der Waals surface area (Å²) in [6, 6.07) is 0. The number of esters is 1. The van der Waals surface area contributed by atoms with Crippen LogP contribution < -0.4 is 0 Å². The summed E-state index contributed by atoms with van der Waals surface area (Å²) in [4.78, 5) is 11.3. The first kappa shape index (κ1) is 16.1. The van der Waals surface area contributed by atoms with Crippen LogP contribution in [0.3, 0.4) is 0 Å². The van der Waals surface area contributed by atoms with Crippen LogP contribution in [0, 0.1) is 5.41 Å². The molecule has 3 N–H and O–H groups in total. The average Bonchev–Trinajstić information content (AvgIpc) is 2.32. The molecule has 0 fully saturated rings. The van der Waals surface area contributed by atoms with Crippen molar-refractivity contribution in [1.29, 1.82) is 0 Å². The van der Waals surface area contributed by atoms with E-state index in [9.17, 15) is 20.1 Å². The minimum Gasteiger partial charge on any atom is -0.463 e. The maximum atomic E-state index is 11.3. The number of hydrogen-bond acceptors (Lipinski definition) is 5. The van der Waals surface area contributed by atoms with Crippen molar-refractivity contribution >= 4 is 5.97 Å². The van der Waals surface area contributed by atoms with Crippen molar-refractivity contribution in [3.8, 4) is 0 Å². The van der Waals surface area contributed by atoms with E-state index in [-0.39, 0.29) is 25.4 Å². The van der Waals surface area contributed by atoms with Gasteiger partial charge in [-0.1, -0.05) is 6.92 Å². The van der Waals surface area contributed by atoms with Crippen LogP contribution in [0.5, 0.6) is 0 Å². The van der Waals surface area contributed by atoms with Crippen LogP contribution in [-0.2, 0) is 9.53 Å². The third kappa shape index (κ3) is 4.11. The maximum absolute atomic E-state index is 11.3. The molecule has 17 heavy (non-hydrogen) atoms. The Labute approximate surface area is 102 Å². The van der Waals surface area contributed by atoms with Crippen LogP contribution in [0.1, 0.15) is 27.2 Å². The van der Waals surface area contributed by atoms with Gasteiger partial charge in [0.1, 0.15) is 0 Å². The first-order valence-electron chi connectivity index (χ1n) is 5.72. The van der Waals surface area contributed by atoms with E-state index in [1.165, 1.54) is 13.0 Å². The molecule has 0 aromatic heterocycles. The third-order valence-corrected chi connectivity index (χ3v) is 2.97. The number of rotatable bonds is 7. The minimum atomic E-state index is -1.09. The molecule has 0 aromatic carbocycles.